The highest BCUT2D eigenvalue weighted by Crippen LogP contribution is 2.38. The Morgan fingerprint density at radius 1 is 1.36 bits per heavy atom. The van der Waals surface area contributed by atoms with Gasteiger partial charge < -0.3 is 5.32 Å². The summed E-state index contributed by atoms with van der Waals surface area (Å²) in [5, 5.41) is 2.71. The number of thioether (sulfide) groups is 1. The van der Waals surface area contributed by atoms with Gasteiger partial charge in [-0.15, -0.1) is 11.8 Å². The fraction of sp³-hybridized carbons (Fsp3) is 0.357. The molecule has 1 aliphatic rings. The average Bonchev–Trinajstić information content (AvgIpc) is 2.45. The van der Waals surface area contributed by atoms with Gasteiger partial charge in [0.2, 0.25) is 17.7 Å². The molecule has 2 rings (SSSR count). The van der Waals surface area contributed by atoms with Crippen LogP contribution < -0.4 is 16.2 Å². The van der Waals surface area contributed by atoms with Crippen LogP contribution in [0, 0.1) is 5.92 Å². The fourth-order valence-electron chi connectivity index (χ4n) is 1.75. The molecule has 0 spiro atoms. The molecule has 0 fully saturated rings. The molecule has 0 saturated heterocycles. The number of hydrogen-bond acceptors (Lipinski definition) is 4. The second-order valence-corrected chi connectivity index (χ2v) is 6.81. The predicted molar refractivity (Wildman–Crippen MR) is 85.5 cm³/mol. The maximum atomic E-state index is 12.0. The molecule has 0 aromatic heterocycles. The summed E-state index contributed by atoms with van der Waals surface area (Å²) in [7, 11) is 0. The van der Waals surface area contributed by atoms with Crippen LogP contribution in [0.5, 0.6) is 0 Å². The topological polar surface area (TPSA) is 87.3 Å². The largest absolute Gasteiger partial charge is 0.324 e. The molecule has 0 unspecified atom stereocenters. The standard InChI is InChI=1S/C14H16ClN3O3S/c1-7(2)13(20)18-17-12(19)6-11-14(21)16-9-5-8(15)3-4-10(9)22-11/h3-5,7,11H,6H2,1-2H3,(H,16,21)(H,17,19)(H,18,20)/t11-/m1/s1. The molecule has 1 heterocycles. The van der Waals surface area contributed by atoms with Crippen molar-refractivity contribution in [3.8, 4) is 0 Å². The average molecular weight is 342 g/mol. The molecule has 0 bridgehead atoms. The lowest BCUT2D eigenvalue weighted by Crippen LogP contribution is -2.45. The molecular weight excluding hydrogens is 326 g/mol. The fourth-order valence-corrected chi connectivity index (χ4v) is 3.01. The van der Waals surface area contributed by atoms with Gasteiger partial charge in [-0.25, -0.2) is 0 Å². The first kappa shape index (κ1) is 16.6. The molecule has 8 heteroatoms. The van der Waals surface area contributed by atoms with E-state index in [4.69, 9.17) is 11.6 Å². The first-order chi connectivity index (χ1) is 10.4. The smallest absolute Gasteiger partial charge is 0.240 e. The van der Waals surface area contributed by atoms with Crippen LogP contribution in [0.3, 0.4) is 0 Å². The minimum atomic E-state index is -0.551. The van der Waals surface area contributed by atoms with E-state index in [0.717, 1.165) is 4.90 Å². The third-order valence-electron chi connectivity index (χ3n) is 2.98. The number of anilines is 1. The number of carbonyl (C=O) groups is 3. The molecule has 6 nitrogen and oxygen atoms in total. The summed E-state index contributed by atoms with van der Waals surface area (Å²) in [6.07, 6.45) is -0.0308. The third kappa shape index (κ3) is 4.14. The van der Waals surface area contributed by atoms with Gasteiger partial charge in [0, 0.05) is 22.3 Å². The molecule has 0 aliphatic carbocycles. The maximum Gasteiger partial charge on any atom is 0.240 e. The molecule has 1 aromatic rings. The summed E-state index contributed by atoms with van der Waals surface area (Å²) in [5.74, 6) is -1.19. The minimum Gasteiger partial charge on any atom is -0.324 e. The van der Waals surface area contributed by atoms with Crippen LogP contribution in [0.4, 0.5) is 5.69 Å². The molecule has 0 saturated carbocycles. The Labute approximate surface area is 137 Å². The van der Waals surface area contributed by atoms with Crippen LogP contribution in [0.2, 0.25) is 5.02 Å². The third-order valence-corrected chi connectivity index (χ3v) is 4.49. The normalized spacial score (nSPS) is 16.7. The second kappa shape index (κ2) is 7.02. The Bertz CT molecular complexity index is 621. The van der Waals surface area contributed by atoms with Crippen LogP contribution in [0.1, 0.15) is 20.3 Å². The van der Waals surface area contributed by atoms with E-state index in [1.807, 2.05) is 0 Å². The molecule has 3 amide bonds. The van der Waals surface area contributed by atoms with Gasteiger partial charge in [0.1, 0.15) is 0 Å². The summed E-state index contributed by atoms with van der Waals surface area (Å²) in [6, 6.07) is 5.19. The van der Waals surface area contributed by atoms with E-state index >= 15 is 0 Å². The quantitative estimate of drug-likeness (QED) is 0.733. The lowest BCUT2D eigenvalue weighted by atomic mass is 10.2. The number of amides is 3. The van der Waals surface area contributed by atoms with Crippen molar-refractivity contribution in [1.82, 2.24) is 10.9 Å². The van der Waals surface area contributed by atoms with Crippen LogP contribution in [0.25, 0.3) is 0 Å². The van der Waals surface area contributed by atoms with Gasteiger partial charge in [-0.3, -0.25) is 25.2 Å². The second-order valence-electron chi connectivity index (χ2n) is 5.13. The molecule has 0 radical (unpaired) electrons. The number of rotatable bonds is 3. The van der Waals surface area contributed by atoms with Gasteiger partial charge in [-0.05, 0) is 18.2 Å². The zero-order chi connectivity index (χ0) is 16.3. The van der Waals surface area contributed by atoms with E-state index in [0.29, 0.717) is 10.7 Å². The van der Waals surface area contributed by atoms with Crippen molar-refractivity contribution in [3.05, 3.63) is 23.2 Å². The van der Waals surface area contributed by atoms with Crippen LogP contribution in [0.15, 0.2) is 23.1 Å². The lowest BCUT2D eigenvalue weighted by molar-refractivity contribution is -0.131. The number of halogens is 1. The van der Waals surface area contributed by atoms with Gasteiger partial charge >= 0.3 is 0 Å². The van der Waals surface area contributed by atoms with Crippen molar-refractivity contribution in [3.63, 3.8) is 0 Å². The maximum absolute atomic E-state index is 12.0. The van der Waals surface area contributed by atoms with E-state index in [-0.39, 0.29) is 24.2 Å². The Kier molecular flexibility index (Phi) is 5.31. The highest BCUT2D eigenvalue weighted by Gasteiger charge is 2.29. The Morgan fingerprint density at radius 2 is 2.09 bits per heavy atom. The summed E-state index contributed by atoms with van der Waals surface area (Å²) >= 11 is 7.18. The van der Waals surface area contributed by atoms with E-state index in [1.54, 1.807) is 32.0 Å². The van der Waals surface area contributed by atoms with E-state index in [9.17, 15) is 14.4 Å². The van der Waals surface area contributed by atoms with E-state index in [1.165, 1.54) is 11.8 Å². The van der Waals surface area contributed by atoms with E-state index in [2.05, 4.69) is 16.2 Å². The highest BCUT2D eigenvalue weighted by atomic mass is 35.5. The summed E-state index contributed by atoms with van der Waals surface area (Å²) in [5.41, 5.74) is 5.27. The molecule has 118 valence electrons. The molecular formula is C14H16ClN3O3S. The number of carbonyl (C=O) groups excluding carboxylic acids is 3. The monoisotopic (exact) mass is 341 g/mol. The summed E-state index contributed by atoms with van der Waals surface area (Å²) in [6.45, 7) is 3.43. The number of nitrogens with one attached hydrogen (secondary N) is 3. The first-order valence-electron chi connectivity index (χ1n) is 6.72. The Balaban J connectivity index is 1.93. The zero-order valence-corrected chi connectivity index (χ0v) is 13.7. The molecule has 1 aliphatic heterocycles. The Morgan fingerprint density at radius 3 is 2.77 bits per heavy atom. The van der Waals surface area contributed by atoms with Gasteiger partial charge in [-0.1, -0.05) is 25.4 Å². The van der Waals surface area contributed by atoms with Gasteiger partial charge in [-0.2, -0.15) is 0 Å². The Hall–Kier alpha value is -1.73. The zero-order valence-electron chi connectivity index (χ0n) is 12.1. The molecule has 22 heavy (non-hydrogen) atoms. The molecule has 1 aromatic carbocycles. The summed E-state index contributed by atoms with van der Waals surface area (Å²) in [4.78, 5) is 36.0. The summed E-state index contributed by atoms with van der Waals surface area (Å²) < 4.78 is 0. The van der Waals surface area contributed by atoms with Crippen molar-refractivity contribution >= 4 is 46.8 Å². The number of hydrazine groups is 1. The first-order valence-corrected chi connectivity index (χ1v) is 7.98. The van der Waals surface area contributed by atoms with Crippen molar-refractivity contribution < 1.29 is 14.4 Å². The van der Waals surface area contributed by atoms with Crippen molar-refractivity contribution in [2.24, 2.45) is 5.92 Å². The van der Waals surface area contributed by atoms with Crippen molar-refractivity contribution in [2.45, 2.75) is 30.4 Å². The van der Waals surface area contributed by atoms with Crippen molar-refractivity contribution in [2.75, 3.05) is 5.32 Å². The molecule has 1 atom stereocenters. The SMILES string of the molecule is CC(C)C(=O)NNC(=O)C[C@H]1Sc2ccc(Cl)cc2NC1=O. The lowest BCUT2D eigenvalue weighted by Gasteiger charge is -2.23. The number of benzene rings is 1. The highest BCUT2D eigenvalue weighted by molar-refractivity contribution is 8.01. The van der Waals surface area contributed by atoms with Gasteiger partial charge in [0.25, 0.3) is 0 Å². The predicted octanol–water partition coefficient (Wildman–Crippen LogP) is 1.95. The number of fused-ring (bicyclic) bond motifs is 1. The van der Waals surface area contributed by atoms with E-state index < -0.39 is 11.2 Å². The van der Waals surface area contributed by atoms with Crippen LogP contribution in [-0.2, 0) is 14.4 Å². The number of hydrogen-bond donors (Lipinski definition) is 3. The van der Waals surface area contributed by atoms with Crippen molar-refractivity contribution in [1.29, 1.82) is 0 Å². The molecule has 3 N–H and O–H groups in total. The minimum absolute atomic E-state index is 0.0308. The van der Waals surface area contributed by atoms with Crippen LogP contribution >= 0.6 is 23.4 Å². The van der Waals surface area contributed by atoms with Crippen LogP contribution in [-0.4, -0.2) is 23.0 Å². The van der Waals surface area contributed by atoms with Gasteiger partial charge in [0.05, 0.1) is 10.9 Å². The van der Waals surface area contributed by atoms with Gasteiger partial charge in [0.15, 0.2) is 0 Å².